The number of carbonyl (C=O) groups is 1. The number of carbonyl (C=O) groups excluding carboxylic acids is 1. The van der Waals surface area contributed by atoms with Gasteiger partial charge in [0.25, 0.3) is 5.91 Å². The van der Waals surface area contributed by atoms with Gasteiger partial charge in [0.15, 0.2) is 0 Å². The fourth-order valence-electron chi connectivity index (χ4n) is 3.63. The topological polar surface area (TPSA) is 45.2 Å². The summed E-state index contributed by atoms with van der Waals surface area (Å²) in [7, 11) is 0. The number of nitrogens with one attached hydrogen (secondary N) is 1. The molecule has 0 aliphatic carbocycles. The Kier molecular flexibility index (Phi) is 3.82. The highest BCUT2D eigenvalue weighted by Crippen LogP contribution is 2.36. The molecule has 0 radical (unpaired) electrons. The van der Waals surface area contributed by atoms with Crippen LogP contribution in [0, 0.1) is 19.3 Å². The molecule has 1 spiro atoms. The number of likely N-dealkylation sites (tertiary alicyclic amines) is 1. The predicted molar refractivity (Wildman–Crippen MR) is 81.3 cm³/mol. The fraction of sp³-hybridized carbons (Fsp3) is 0.733. The monoisotopic (exact) mass is 293 g/mol. The molecule has 0 bridgehead atoms. The van der Waals surface area contributed by atoms with Crippen LogP contribution < -0.4 is 5.32 Å². The molecule has 0 saturated carbocycles. The smallest absolute Gasteiger partial charge is 0.265 e. The third-order valence-electron chi connectivity index (χ3n) is 4.61. The van der Waals surface area contributed by atoms with Crippen molar-refractivity contribution in [1.29, 1.82) is 0 Å². The summed E-state index contributed by atoms with van der Waals surface area (Å²) >= 11 is 1.53. The lowest BCUT2D eigenvalue weighted by Crippen LogP contribution is -2.52. The minimum Gasteiger partial charge on any atom is -0.337 e. The Labute approximate surface area is 124 Å². The van der Waals surface area contributed by atoms with Gasteiger partial charge in [-0.25, -0.2) is 4.98 Å². The molecule has 3 rings (SSSR count). The average molecular weight is 293 g/mol. The number of hydrogen-bond acceptors (Lipinski definition) is 4. The summed E-state index contributed by atoms with van der Waals surface area (Å²) in [6.45, 7) is 7.92. The zero-order chi connectivity index (χ0) is 14.2. The third-order valence-corrected chi connectivity index (χ3v) is 5.67. The second-order valence-corrected chi connectivity index (χ2v) is 7.46. The van der Waals surface area contributed by atoms with E-state index in [0.717, 1.165) is 48.2 Å². The lowest BCUT2D eigenvalue weighted by molar-refractivity contribution is 0.0437. The maximum absolute atomic E-state index is 12.7. The zero-order valence-electron chi connectivity index (χ0n) is 12.4. The highest BCUT2D eigenvalue weighted by Gasteiger charge is 2.38. The van der Waals surface area contributed by atoms with E-state index in [0.29, 0.717) is 5.41 Å². The molecule has 2 saturated heterocycles. The largest absolute Gasteiger partial charge is 0.337 e. The van der Waals surface area contributed by atoms with Crippen molar-refractivity contribution in [2.45, 2.75) is 39.5 Å². The minimum absolute atomic E-state index is 0.192. The molecule has 20 heavy (non-hydrogen) atoms. The van der Waals surface area contributed by atoms with E-state index in [-0.39, 0.29) is 5.91 Å². The Hall–Kier alpha value is -0.940. The Morgan fingerprint density at radius 2 is 2.15 bits per heavy atom. The van der Waals surface area contributed by atoms with Gasteiger partial charge in [-0.15, -0.1) is 11.3 Å². The highest BCUT2D eigenvalue weighted by molar-refractivity contribution is 7.13. The van der Waals surface area contributed by atoms with E-state index >= 15 is 0 Å². The van der Waals surface area contributed by atoms with E-state index in [1.807, 2.05) is 13.8 Å². The van der Waals surface area contributed by atoms with Gasteiger partial charge in [-0.1, -0.05) is 0 Å². The molecule has 0 aromatic carbocycles. The molecule has 5 heteroatoms. The normalized spacial score (nSPS) is 27.0. The third kappa shape index (κ3) is 2.61. The Morgan fingerprint density at radius 3 is 2.80 bits per heavy atom. The van der Waals surface area contributed by atoms with Crippen molar-refractivity contribution >= 4 is 17.2 Å². The van der Waals surface area contributed by atoms with Crippen molar-refractivity contribution in [3.63, 3.8) is 0 Å². The molecule has 1 aromatic heterocycles. The summed E-state index contributed by atoms with van der Waals surface area (Å²) in [6.07, 6.45) is 4.87. The second-order valence-electron chi connectivity index (χ2n) is 6.26. The Morgan fingerprint density at radius 1 is 1.35 bits per heavy atom. The molecular weight excluding hydrogens is 270 g/mol. The molecular formula is C15H23N3OS. The number of hydrogen-bond donors (Lipinski definition) is 1. The summed E-state index contributed by atoms with van der Waals surface area (Å²) in [5.74, 6) is 0.192. The van der Waals surface area contributed by atoms with Gasteiger partial charge in [0, 0.05) is 25.0 Å². The minimum atomic E-state index is 0.192. The van der Waals surface area contributed by atoms with Gasteiger partial charge >= 0.3 is 0 Å². The van der Waals surface area contributed by atoms with Gasteiger partial charge in [0.05, 0.1) is 10.7 Å². The summed E-state index contributed by atoms with van der Waals surface area (Å²) in [6, 6.07) is 0. The van der Waals surface area contributed by atoms with Crippen LogP contribution in [0.25, 0.3) is 0 Å². The van der Waals surface area contributed by atoms with E-state index in [2.05, 4.69) is 15.2 Å². The van der Waals surface area contributed by atoms with Crippen LogP contribution in [-0.2, 0) is 0 Å². The van der Waals surface area contributed by atoms with Crippen molar-refractivity contribution in [3.05, 3.63) is 15.6 Å². The Bertz CT molecular complexity index is 500. The van der Waals surface area contributed by atoms with Crippen molar-refractivity contribution < 1.29 is 4.79 Å². The number of piperidine rings is 2. The van der Waals surface area contributed by atoms with E-state index < -0.39 is 0 Å². The van der Waals surface area contributed by atoms with Gasteiger partial charge in [-0.05, 0) is 46.1 Å². The molecule has 1 unspecified atom stereocenters. The van der Waals surface area contributed by atoms with Gasteiger partial charge in [-0.2, -0.15) is 0 Å². The summed E-state index contributed by atoms with van der Waals surface area (Å²) in [5, 5.41) is 4.50. The standard InChI is InChI=1S/C15H23N3OS/c1-11-13(20-12(2)17-11)14(19)18-8-4-6-15(10-18)5-3-7-16-9-15/h16H,3-10H2,1-2H3. The van der Waals surface area contributed by atoms with Crippen LogP contribution in [0.4, 0.5) is 0 Å². The van der Waals surface area contributed by atoms with Crippen molar-refractivity contribution in [3.8, 4) is 0 Å². The quantitative estimate of drug-likeness (QED) is 0.864. The van der Waals surface area contributed by atoms with Crippen LogP contribution in [0.5, 0.6) is 0 Å². The van der Waals surface area contributed by atoms with Crippen LogP contribution in [-0.4, -0.2) is 42.0 Å². The fourth-order valence-corrected chi connectivity index (χ4v) is 4.52. The maximum Gasteiger partial charge on any atom is 0.265 e. The predicted octanol–water partition coefficient (Wildman–Crippen LogP) is 2.37. The van der Waals surface area contributed by atoms with Crippen LogP contribution >= 0.6 is 11.3 Å². The molecule has 110 valence electrons. The van der Waals surface area contributed by atoms with E-state index in [9.17, 15) is 4.79 Å². The van der Waals surface area contributed by atoms with Gasteiger partial charge < -0.3 is 10.2 Å². The highest BCUT2D eigenvalue weighted by atomic mass is 32.1. The number of thiazole rings is 1. The first-order valence-corrected chi connectivity index (χ1v) is 8.35. The van der Waals surface area contributed by atoms with Gasteiger partial charge in [0.2, 0.25) is 0 Å². The van der Waals surface area contributed by atoms with Crippen LogP contribution in [0.15, 0.2) is 0 Å². The van der Waals surface area contributed by atoms with Crippen LogP contribution in [0.3, 0.4) is 0 Å². The first-order chi connectivity index (χ1) is 9.60. The summed E-state index contributed by atoms with van der Waals surface area (Å²) < 4.78 is 0. The first kappa shape index (κ1) is 14.0. The molecule has 2 fully saturated rings. The molecule has 4 nitrogen and oxygen atoms in total. The van der Waals surface area contributed by atoms with Crippen molar-refractivity contribution in [2.75, 3.05) is 26.2 Å². The van der Waals surface area contributed by atoms with E-state index in [1.165, 1.54) is 30.6 Å². The molecule has 2 aliphatic heterocycles. The first-order valence-electron chi connectivity index (χ1n) is 7.54. The number of nitrogens with zero attached hydrogens (tertiary/aromatic N) is 2. The van der Waals surface area contributed by atoms with Gasteiger partial charge in [-0.3, -0.25) is 4.79 Å². The molecule has 1 N–H and O–H groups in total. The van der Waals surface area contributed by atoms with Crippen LogP contribution in [0.1, 0.15) is 46.1 Å². The average Bonchev–Trinajstić information content (AvgIpc) is 2.78. The Balaban J connectivity index is 1.76. The summed E-state index contributed by atoms with van der Waals surface area (Å²) in [5.41, 5.74) is 1.21. The number of rotatable bonds is 1. The number of aromatic nitrogens is 1. The van der Waals surface area contributed by atoms with E-state index in [4.69, 9.17) is 0 Å². The number of aryl methyl sites for hydroxylation is 2. The van der Waals surface area contributed by atoms with Crippen molar-refractivity contribution in [2.24, 2.45) is 5.41 Å². The maximum atomic E-state index is 12.7. The van der Waals surface area contributed by atoms with E-state index in [1.54, 1.807) is 0 Å². The lowest BCUT2D eigenvalue weighted by Gasteiger charge is -2.45. The molecule has 1 amide bonds. The lowest BCUT2D eigenvalue weighted by atomic mass is 9.74. The molecule has 2 aliphatic rings. The zero-order valence-corrected chi connectivity index (χ0v) is 13.2. The SMILES string of the molecule is Cc1nc(C)c(C(=O)N2CCCC3(CCCNC3)C2)s1. The number of amides is 1. The van der Waals surface area contributed by atoms with Crippen molar-refractivity contribution in [1.82, 2.24) is 15.2 Å². The van der Waals surface area contributed by atoms with Crippen LogP contribution in [0.2, 0.25) is 0 Å². The molecule has 1 atom stereocenters. The summed E-state index contributed by atoms with van der Waals surface area (Å²) in [4.78, 5) is 20.0. The molecule has 1 aromatic rings. The van der Waals surface area contributed by atoms with Gasteiger partial charge in [0.1, 0.15) is 4.88 Å². The second kappa shape index (κ2) is 5.45. The molecule has 3 heterocycles.